The van der Waals surface area contributed by atoms with Crippen molar-refractivity contribution < 1.29 is 4.79 Å². The van der Waals surface area contributed by atoms with Crippen molar-refractivity contribution in [2.75, 3.05) is 13.1 Å². The molecule has 0 radical (unpaired) electrons. The average Bonchev–Trinajstić information content (AvgIpc) is 2.30. The van der Waals surface area contributed by atoms with E-state index < -0.39 is 0 Å². The van der Waals surface area contributed by atoms with Crippen LogP contribution in [0.15, 0.2) is 30.3 Å². The number of hydrogen-bond acceptors (Lipinski definition) is 2. The summed E-state index contributed by atoms with van der Waals surface area (Å²) in [5.74, 6) is 0. The predicted molar refractivity (Wildman–Crippen MR) is 65.1 cm³/mol. The number of rotatable bonds is 5. The third-order valence-corrected chi connectivity index (χ3v) is 2.31. The van der Waals surface area contributed by atoms with E-state index in [0.717, 1.165) is 12.0 Å². The number of hydrogen-bond donors (Lipinski definition) is 3. The molecular formula is C12H19N3O. The minimum atomic E-state index is -0.136. The first-order chi connectivity index (χ1) is 7.74. The van der Waals surface area contributed by atoms with Crippen LogP contribution in [0.25, 0.3) is 0 Å². The van der Waals surface area contributed by atoms with Crippen LogP contribution in [-0.2, 0) is 0 Å². The van der Waals surface area contributed by atoms with Crippen LogP contribution >= 0.6 is 0 Å². The van der Waals surface area contributed by atoms with Gasteiger partial charge >= 0.3 is 6.03 Å². The van der Waals surface area contributed by atoms with E-state index in [1.807, 2.05) is 37.3 Å². The van der Waals surface area contributed by atoms with Gasteiger partial charge < -0.3 is 16.4 Å². The Hall–Kier alpha value is -1.55. The van der Waals surface area contributed by atoms with Crippen molar-refractivity contribution in [1.82, 2.24) is 10.6 Å². The highest BCUT2D eigenvalue weighted by molar-refractivity contribution is 5.73. The lowest BCUT2D eigenvalue weighted by atomic mass is 10.1. The van der Waals surface area contributed by atoms with Gasteiger partial charge in [-0.05, 0) is 18.9 Å². The summed E-state index contributed by atoms with van der Waals surface area (Å²) in [5.41, 5.74) is 7.08. The molecule has 1 aromatic carbocycles. The second kappa shape index (κ2) is 6.85. The zero-order valence-corrected chi connectivity index (χ0v) is 9.57. The van der Waals surface area contributed by atoms with Gasteiger partial charge in [-0.25, -0.2) is 4.79 Å². The molecule has 0 aliphatic rings. The molecule has 88 valence electrons. The summed E-state index contributed by atoms with van der Waals surface area (Å²) in [6, 6.07) is 9.72. The van der Waals surface area contributed by atoms with Gasteiger partial charge in [-0.1, -0.05) is 30.3 Å². The molecule has 1 unspecified atom stereocenters. The Balaban J connectivity index is 2.26. The molecule has 0 spiro atoms. The summed E-state index contributed by atoms with van der Waals surface area (Å²) in [4.78, 5) is 11.1. The highest BCUT2D eigenvalue weighted by atomic mass is 16.2. The molecular weight excluding hydrogens is 202 g/mol. The van der Waals surface area contributed by atoms with Crippen molar-refractivity contribution in [3.63, 3.8) is 0 Å². The maximum Gasteiger partial charge on any atom is 0.314 e. The van der Waals surface area contributed by atoms with Gasteiger partial charge in [0.1, 0.15) is 0 Å². The Bertz CT molecular complexity index is 313. The van der Waals surface area contributed by atoms with Gasteiger partial charge in [0.05, 0.1) is 0 Å². The lowest BCUT2D eigenvalue weighted by molar-refractivity contribution is 0.241. The van der Waals surface area contributed by atoms with Crippen LogP contribution in [0.2, 0.25) is 0 Å². The number of nitrogens with two attached hydrogens (primary N) is 1. The van der Waals surface area contributed by atoms with Gasteiger partial charge in [0.15, 0.2) is 0 Å². The van der Waals surface area contributed by atoms with Gasteiger partial charge in [-0.3, -0.25) is 0 Å². The van der Waals surface area contributed by atoms with Crippen LogP contribution < -0.4 is 16.4 Å². The summed E-state index contributed by atoms with van der Waals surface area (Å²) in [7, 11) is 0. The van der Waals surface area contributed by atoms with Gasteiger partial charge in [0, 0.05) is 19.1 Å². The lowest BCUT2D eigenvalue weighted by Gasteiger charge is -2.12. The van der Waals surface area contributed by atoms with E-state index in [1.54, 1.807) is 0 Å². The third-order valence-electron chi connectivity index (χ3n) is 2.31. The molecule has 4 N–H and O–H groups in total. The molecule has 0 aromatic heterocycles. The smallest absolute Gasteiger partial charge is 0.314 e. The van der Waals surface area contributed by atoms with Crippen LogP contribution in [0, 0.1) is 0 Å². The maximum absolute atomic E-state index is 11.1. The second-order valence-electron chi connectivity index (χ2n) is 3.59. The monoisotopic (exact) mass is 221 g/mol. The zero-order chi connectivity index (χ0) is 11.8. The van der Waals surface area contributed by atoms with Crippen molar-refractivity contribution >= 4 is 6.03 Å². The molecule has 0 aliphatic heterocycles. The molecule has 1 rings (SSSR count). The molecule has 0 fully saturated rings. The summed E-state index contributed by atoms with van der Waals surface area (Å²) >= 11 is 0. The fourth-order valence-electron chi connectivity index (χ4n) is 1.43. The van der Waals surface area contributed by atoms with Gasteiger partial charge in [-0.2, -0.15) is 0 Å². The molecule has 0 heterocycles. The first-order valence-corrected chi connectivity index (χ1v) is 5.56. The third kappa shape index (κ3) is 4.31. The van der Waals surface area contributed by atoms with E-state index in [2.05, 4.69) is 10.6 Å². The van der Waals surface area contributed by atoms with Crippen LogP contribution in [0.4, 0.5) is 4.79 Å². The van der Waals surface area contributed by atoms with E-state index >= 15 is 0 Å². The van der Waals surface area contributed by atoms with Crippen LogP contribution in [-0.4, -0.2) is 19.1 Å². The molecule has 4 nitrogen and oxygen atoms in total. The van der Waals surface area contributed by atoms with Crippen molar-refractivity contribution in [3.8, 4) is 0 Å². The summed E-state index contributed by atoms with van der Waals surface area (Å²) in [6.07, 6.45) is 0.737. The van der Waals surface area contributed by atoms with Gasteiger partial charge in [0.25, 0.3) is 0 Å². The molecule has 4 heteroatoms. The van der Waals surface area contributed by atoms with Crippen LogP contribution in [0.5, 0.6) is 0 Å². The second-order valence-corrected chi connectivity index (χ2v) is 3.59. The largest absolute Gasteiger partial charge is 0.338 e. The zero-order valence-electron chi connectivity index (χ0n) is 9.57. The molecule has 2 amide bonds. The quantitative estimate of drug-likeness (QED) is 0.703. The topological polar surface area (TPSA) is 67.2 Å². The highest BCUT2D eigenvalue weighted by Crippen LogP contribution is 2.11. The van der Waals surface area contributed by atoms with E-state index in [4.69, 9.17) is 5.73 Å². The number of carbonyl (C=O) groups excluding carboxylic acids is 1. The Morgan fingerprint density at radius 1 is 1.31 bits per heavy atom. The Morgan fingerprint density at radius 2 is 2.00 bits per heavy atom. The fraction of sp³-hybridized carbons (Fsp3) is 0.417. The average molecular weight is 221 g/mol. The van der Waals surface area contributed by atoms with Crippen molar-refractivity contribution in [2.24, 2.45) is 5.73 Å². The maximum atomic E-state index is 11.1. The van der Waals surface area contributed by atoms with E-state index in [1.165, 1.54) is 0 Å². The highest BCUT2D eigenvalue weighted by Gasteiger charge is 2.05. The standard InChI is InChI=1S/C12H19N3O/c1-2-14-12(16)15-9-8-11(13)10-6-4-3-5-7-10/h3-7,11H,2,8-9,13H2,1H3,(H2,14,15,16). The summed E-state index contributed by atoms with van der Waals surface area (Å²) < 4.78 is 0. The fourth-order valence-corrected chi connectivity index (χ4v) is 1.43. The predicted octanol–water partition coefficient (Wildman–Crippen LogP) is 1.40. The Morgan fingerprint density at radius 3 is 2.62 bits per heavy atom. The van der Waals surface area contributed by atoms with Crippen LogP contribution in [0.3, 0.4) is 0 Å². The molecule has 0 saturated carbocycles. The first-order valence-electron chi connectivity index (χ1n) is 5.56. The number of benzene rings is 1. The number of carbonyl (C=O) groups is 1. The normalized spacial score (nSPS) is 11.9. The molecule has 0 bridgehead atoms. The van der Waals surface area contributed by atoms with E-state index in [0.29, 0.717) is 13.1 Å². The molecule has 0 saturated heterocycles. The number of urea groups is 1. The molecule has 16 heavy (non-hydrogen) atoms. The SMILES string of the molecule is CCNC(=O)NCCC(N)c1ccccc1. The number of nitrogens with one attached hydrogen (secondary N) is 2. The molecule has 1 atom stereocenters. The Labute approximate surface area is 96.2 Å². The molecule has 0 aliphatic carbocycles. The first kappa shape index (κ1) is 12.5. The van der Waals surface area contributed by atoms with Crippen molar-refractivity contribution in [2.45, 2.75) is 19.4 Å². The molecule has 1 aromatic rings. The Kier molecular flexibility index (Phi) is 5.36. The summed E-state index contributed by atoms with van der Waals surface area (Å²) in [5, 5.41) is 5.42. The van der Waals surface area contributed by atoms with E-state index in [-0.39, 0.29) is 12.1 Å². The summed E-state index contributed by atoms with van der Waals surface area (Å²) in [6.45, 7) is 3.10. The van der Waals surface area contributed by atoms with Crippen molar-refractivity contribution in [1.29, 1.82) is 0 Å². The van der Waals surface area contributed by atoms with Gasteiger partial charge in [-0.15, -0.1) is 0 Å². The number of amides is 2. The lowest BCUT2D eigenvalue weighted by Crippen LogP contribution is -2.36. The van der Waals surface area contributed by atoms with Crippen molar-refractivity contribution in [3.05, 3.63) is 35.9 Å². The van der Waals surface area contributed by atoms with Crippen LogP contribution in [0.1, 0.15) is 24.9 Å². The minimum Gasteiger partial charge on any atom is -0.338 e. The van der Waals surface area contributed by atoms with E-state index in [9.17, 15) is 4.79 Å². The minimum absolute atomic E-state index is 0.0249. The van der Waals surface area contributed by atoms with Gasteiger partial charge in [0.2, 0.25) is 0 Å².